The van der Waals surface area contributed by atoms with Crippen LogP contribution in [0.2, 0.25) is 5.02 Å². The first-order chi connectivity index (χ1) is 8.06. The molecule has 0 aliphatic heterocycles. The zero-order valence-corrected chi connectivity index (χ0v) is 12.3. The lowest BCUT2D eigenvalue weighted by atomic mass is 10.3. The second kappa shape index (κ2) is 5.20. The van der Waals surface area contributed by atoms with E-state index in [1.54, 1.807) is 12.1 Å². The molecule has 0 aliphatic carbocycles. The van der Waals surface area contributed by atoms with Crippen LogP contribution in [0.3, 0.4) is 0 Å². The first-order valence-electron chi connectivity index (χ1n) is 4.47. The standard InChI is InChI=1S/C10H6Br2ClN3O/c11-5-1-2-8(7(13)3-5)17-9-6(12)4-15-10(14)16-9/h1-4H,(H2,14,15,16). The average molecular weight is 379 g/mol. The average Bonchev–Trinajstić information content (AvgIpc) is 2.27. The number of ether oxygens (including phenoxy) is 1. The number of hydrogen-bond acceptors (Lipinski definition) is 4. The molecule has 17 heavy (non-hydrogen) atoms. The molecule has 0 radical (unpaired) electrons. The number of hydrogen-bond donors (Lipinski definition) is 1. The molecular formula is C10H6Br2ClN3O. The van der Waals surface area contributed by atoms with Crippen LogP contribution >= 0.6 is 43.5 Å². The molecule has 0 aliphatic rings. The zero-order chi connectivity index (χ0) is 12.4. The molecule has 1 aromatic carbocycles. The van der Waals surface area contributed by atoms with Crippen molar-refractivity contribution in [1.82, 2.24) is 9.97 Å². The summed E-state index contributed by atoms with van der Waals surface area (Å²) in [6, 6.07) is 5.28. The Morgan fingerprint density at radius 2 is 2.06 bits per heavy atom. The quantitative estimate of drug-likeness (QED) is 0.856. The molecule has 0 saturated heterocycles. The van der Waals surface area contributed by atoms with E-state index in [-0.39, 0.29) is 5.95 Å². The van der Waals surface area contributed by atoms with E-state index in [4.69, 9.17) is 22.1 Å². The van der Waals surface area contributed by atoms with Crippen LogP contribution in [0.25, 0.3) is 0 Å². The summed E-state index contributed by atoms with van der Waals surface area (Å²) in [6.07, 6.45) is 1.52. The van der Waals surface area contributed by atoms with Crippen molar-refractivity contribution in [1.29, 1.82) is 0 Å². The van der Waals surface area contributed by atoms with Crippen LogP contribution in [0.15, 0.2) is 33.3 Å². The third-order valence-corrected chi connectivity index (χ3v) is 3.16. The fraction of sp³-hybridized carbons (Fsp3) is 0. The first kappa shape index (κ1) is 12.6. The van der Waals surface area contributed by atoms with Gasteiger partial charge in [-0.1, -0.05) is 27.5 Å². The van der Waals surface area contributed by atoms with Gasteiger partial charge in [-0.25, -0.2) is 4.98 Å². The molecule has 7 heteroatoms. The summed E-state index contributed by atoms with van der Waals surface area (Å²) in [5.41, 5.74) is 5.48. The van der Waals surface area contributed by atoms with E-state index in [2.05, 4.69) is 41.8 Å². The zero-order valence-electron chi connectivity index (χ0n) is 8.32. The molecular weight excluding hydrogens is 373 g/mol. The second-order valence-electron chi connectivity index (χ2n) is 3.06. The summed E-state index contributed by atoms with van der Waals surface area (Å²) in [7, 11) is 0. The van der Waals surface area contributed by atoms with Gasteiger partial charge in [0.15, 0.2) is 0 Å². The largest absolute Gasteiger partial charge is 0.436 e. The lowest BCUT2D eigenvalue weighted by Crippen LogP contribution is -1.97. The van der Waals surface area contributed by atoms with Gasteiger partial charge in [-0.05, 0) is 34.1 Å². The smallest absolute Gasteiger partial charge is 0.238 e. The molecule has 0 bridgehead atoms. The Labute approximate surface area is 119 Å². The van der Waals surface area contributed by atoms with Crippen molar-refractivity contribution in [3.8, 4) is 11.6 Å². The predicted octanol–water partition coefficient (Wildman–Crippen LogP) is 4.03. The van der Waals surface area contributed by atoms with Crippen molar-refractivity contribution < 1.29 is 4.74 Å². The number of halogens is 3. The third-order valence-electron chi connectivity index (χ3n) is 1.83. The van der Waals surface area contributed by atoms with Gasteiger partial charge in [0.2, 0.25) is 11.8 Å². The molecule has 0 saturated carbocycles. The Morgan fingerprint density at radius 3 is 2.76 bits per heavy atom. The van der Waals surface area contributed by atoms with E-state index in [1.807, 2.05) is 6.07 Å². The summed E-state index contributed by atoms with van der Waals surface area (Å²) in [5, 5.41) is 0.475. The summed E-state index contributed by atoms with van der Waals surface area (Å²) in [5.74, 6) is 0.951. The highest BCUT2D eigenvalue weighted by Crippen LogP contribution is 2.33. The van der Waals surface area contributed by atoms with Crippen LogP contribution in [0.1, 0.15) is 0 Å². The molecule has 0 atom stereocenters. The highest BCUT2D eigenvalue weighted by atomic mass is 79.9. The summed E-state index contributed by atoms with van der Waals surface area (Å²) >= 11 is 12.6. The maximum atomic E-state index is 6.03. The van der Waals surface area contributed by atoms with Crippen LogP contribution in [-0.4, -0.2) is 9.97 Å². The van der Waals surface area contributed by atoms with Gasteiger partial charge in [0, 0.05) is 4.47 Å². The van der Waals surface area contributed by atoms with Crippen LogP contribution in [-0.2, 0) is 0 Å². The molecule has 2 N–H and O–H groups in total. The molecule has 2 rings (SSSR count). The fourth-order valence-corrected chi connectivity index (χ4v) is 2.08. The van der Waals surface area contributed by atoms with Gasteiger partial charge in [-0.2, -0.15) is 4.98 Å². The van der Waals surface area contributed by atoms with Gasteiger partial charge >= 0.3 is 0 Å². The van der Waals surface area contributed by atoms with E-state index in [9.17, 15) is 0 Å². The molecule has 4 nitrogen and oxygen atoms in total. The van der Waals surface area contributed by atoms with Crippen molar-refractivity contribution in [2.24, 2.45) is 0 Å². The van der Waals surface area contributed by atoms with Gasteiger partial charge in [0.1, 0.15) is 5.75 Å². The Bertz CT molecular complexity index is 565. The molecule has 0 unspecified atom stereocenters. The van der Waals surface area contributed by atoms with Crippen LogP contribution in [0, 0.1) is 0 Å². The normalized spacial score (nSPS) is 10.3. The van der Waals surface area contributed by atoms with Crippen LogP contribution in [0.5, 0.6) is 11.6 Å². The monoisotopic (exact) mass is 377 g/mol. The van der Waals surface area contributed by atoms with Crippen molar-refractivity contribution in [3.63, 3.8) is 0 Å². The van der Waals surface area contributed by atoms with E-state index < -0.39 is 0 Å². The highest BCUT2D eigenvalue weighted by molar-refractivity contribution is 9.10. The summed E-state index contributed by atoms with van der Waals surface area (Å²) in [6.45, 7) is 0. The fourth-order valence-electron chi connectivity index (χ4n) is 1.10. The Kier molecular flexibility index (Phi) is 3.86. The molecule has 1 aromatic heterocycles. The second-order valence-corrected chi connectivity index (χ2v) is 5.24. The minimum atomic E-state index is 0.136. The lowest BCUT2D eigenvalue weighted by molar-refractivity contribution is 0.459. The van der Waals surface area contributed by atoms with Crippen molar-refractivity contribution in [2.75, 3.05) is 5.73 Å². The molecule has 0 spiro atoms. The Hall–Kier alpha value is -0.850. The van der Waals surface area contributed by atoms with Gasteiger partial charge in [0.05, 0.1) is 15.7 Å². The molecule has 1 heterocycles. The van der Waals surface area contributed by atoms with Crippen molar-refractivity contribution in [2.45, 2.75) is 0 Å². The SMILES string of the molecule is Nc1ncc(Br)c(Oc2ccc(Br)cc2Cl)n1. The summed E-state index contributed by atoms with van der Waals surface area (Å²) < 4.78 is 7.02. The number of nitrogens with two attached hydrogens (primary N) is 1. The lowest BCUT2D eigenvalue weighted by Gasteiger charge is -2.08. The first-order valence-corrected chi connectivity index (χ1v) is 6.43. The number of benzene rings is 1. The van der Waals surface area contributed by atoms with E-state index in [1.165, 1.54) is 6.20 Å². The van der Waals surface area contributed by atoms with Crippen molar-refractivity contribution in [3.05, 3.63) is 38.4 Å². The van der Waals surface area contributed by atoms with E-state index in [0.29, 0.717) is 21.1 Å². The molecule has 2 aromatic rings. The summed E-state index contributed by atoms with van der Waals surface area (Å²) in [4.78, 5) is 7.78. The Balaban J connectivity index is 2.34. The maximum Gasteiger partial charge on any atom is 0.238 e. The minimum absolute atomic E-state index is 0.136. The van der Waals surface area contributed by atoms with E-state index in [0.717, 1.165) is 4.47 Å². The minimum Gasteiger partial charge on any atom is -0.436 e. The number of nitrogen functional groups attached to an aromatic ring is 1. The van der Waals surface area contributed by atoms with Crippen LogP contribution in [0.4, 0.5) is 5.95 Å². The third kappa shape index (κ3) is 3.08. The Morgan fingerprint density at radius 1 is 1.29 bits per heavy atom. The predicted molar refractivity (Wildman–Crippen MR) is 73.4 cm³/mol. The number of aromatic nitrogens is 2. The number of nitrogens with zero attached hydrogens (tertiary/aromatic N) is 2. The van der Waals surface area contributed by atoms with Crippen LogP contribution < -0.4 is 10.5 Å². The van der Waals surface area contributed by atoms with Crippen molar-refractivity contribution >= 4 is 49.4 Å². The number of anilines is 1. The van der Waals surface area contributed by atoms with Gasteiger partial charge in [0.25, 0.3) is 0 Å². The molecule has 88 valence electrons. The highest BCUT2D eigenvalue weighted by Gasteiger charge is 2.09. The van der Waals surface area contributed by atoms with Gasteiger partial charge < -0.3 is 10.5 Å². The molecule has 0 amide bonds. The number of rotatable bonds is 2. The molecule has 0 fully saturated rings. The topological polar surface area (TPSA) is 61.0 Å². The maximum absolute atomic E-state index is 6.03. The van der Waals surface area contributed by atoms with E-state index >= 15 is 0 Å². The van der Waals surface area contributed by atoms with Gasteiger partial charge in [-0.3, -0.25) is 0 Å². The van der Waals surface area contributed by atoms with Gasteiger partial charge in [-0.15, -0.1) is 0 Å².